The Morgan fingerprint density at radius 3 is 2.32 bits per heavy atom. The van der Waals surface area contributed by atoms with Gasteiger partial charge >= 0.3 is 0 Å². The Bertz CT molecular complexity index is 1550. The lowest BCUT2D eigenvalue weighted by molar-refractivity contribution is 0.102. The van der Waals surface area contributed by atoms with E-state index in [2.05, 4.69) is 34.0 Å². The Morgan fingerprint density at radius 1 is 0.895 bits per heavy atom. The Kier molecular flexibility index (Phi) is 7.61. The molecule has 38 heavy (non-hydrogen) atoms. The molecule has 2 atom stereocenters. The van der Waals surface area contributed by atoms with Gasteiger partial charge in [-0.25, -0.2) is 13.1 Å². The predicted octanol–water partition coefficient (Wildman–Crippen LogP) is 5.59. The van der Waals surface area contributed by atoms with Crippen LogP contribution in [-0.4, -0.2) is 38.4 Å². The third-order valence-electron chi connectivity index (χ3n) is 7.36. The van der Waals surface area contributed by atoms with Gasteiger partial charge in [0.2, 0.25) is 10.0 Å². The lowest BCUT2D eigenvalue weighted by Gasteiger charge is -2.37. The molecular formula is C31H33N3O3S. The maximum absolute atomic E-state index is 13.6. The van der Waals surface area contributed by atoms with Crippen LogP contribution >= 0.6 is 0 Å². The van der Waals surface area contributed by atoms with Crippen molar-refractivity contribution in [2.24, 2.45) is 5.92 Å². The SMILES string of the molecule is Cc1ccccc1C(=O)Nc1ccc(S(=O)(=O)NC2CCN(Cc3ccccc3)C[C@@H]2C)c2ccccc12. The normalized spacial score (nSPS) is 18.4. The van der Waals surface area contributed by atoms with E-state index in [1.165, 1.54) is 5.56 Å². The minimum atomic E-state index is -3.78. The quantitative estimate of drug-likeness (QED) is 0.328. The number of sulfonamides is 1. The molecule has 1 aliphatic rings. The van der Waals surface area contributed by atoms with Gasteiger partial charge in [0.15, 0.2) is 0 Å². The largest absolute Gasteiger partial charge is 0.321 e. The molecule has 4 aromatic rings. The number of benzene rings is 4. The van der Waals surface area contributed by atoms with Crippen molar-refractivity contribution in [1.82, 2.24) is 9.62 Å². The fourth-order valence-electron chi connectivity index (χ4n) is 5.29. The summed E-state index contributed by atoms with van der Waals surface area (Å²) in [5, 5.41) is 4.24. The molecule has 0 aromatic heterocycles. The van der Waals surface area contributed by atoms with E-state index in [-0.39, 0.29) is 22.8 Å². The summed E-state index contributed by atoms with van der Waals surface area (Å²) in [7, 11) is -3.78. The summed E-state index contributed by atoms with van der Waals surface area (Å²) in [6, 6.07) is 28.2. The number of carbonyl (C=O) groups is 1. The van der Waals surface area contributed by atoms with Gasteiger partial charge in [0.25, 0.3) is 5.91 Å². The number of aryl methyl sites for hydroxylation is 1. The second kappa shape index (κ2) is 11.1. The van der Waals surface area contributed by atoms with Gasteiger partial charge in [-0.15, -0.1) is 0 Å². The smallest absolute Gasteiger partial charge is 0.255 e. The fraction of sp³-hybridized carbons (Fsp3) is 0.258. The Morgan fingerprint density at radius 2 is 1.58 bits per heavy atom. The number of nitrogens with zero attached hydrogens (tertiary/aromatic N) is 1. The minimum absolute atomic E-state index is 0.147. The zero-order valence-electron chi connectivity index (χ0n) is 21.7. The number of rotatable bonds is 7. The molecular weight excluding hydrogens is 494 g/mol. The van der Waals surface area contributed by atoms with Crippen molar-refractivity contribution in [3.8, 4) is 0 Å². The highest BCUT2D eigenvalue weighted by molar-refractivity contribution is 7.89. The van der Waals surface area contributed by atoms with Crippen molar-refractivity contribution in [3.05, 3.63) is 108 Å². The molecule has 196 valence electrons. The second-order valence-electron chi connectivity index (χ2n) is 10.1. The molecule has 0 bridgehead atoms. The van der Waals surface area contributed by atoms with Crippen LogP contribution in [0.25, 0.3) is 10.8 Å². The number of anilines is 1. The summed E-state index contributed by atoms with van der Waals surface area (Å²) in [4.78, 5) is 15.6. The van der Waals surface area contributed by atoms with Gasteiger partial charge in [-0.05, 0) is 48.6 Å². The first kappa shape index (κ1) is 26.1. The van der Waals surface area contributed by atoms with Crippen LogP contribution in [0, 0.1) is 12.8 Å². The summed E-state index contributed by atoms with van der Waals surface area (Å²) in [6.07, 6.45) is 0.746. The lowest BCUT2D eigenvalue weighted by atomic mass is 9.94. The van der Waals surface area contributed by atoms with Gasteiger partial charge in [-0.3, -0.25) is 9.69 Å². The number of likely N-dealkylation sites (tertiary alicyclic amines) is 1. The van der Waals surface area contributed by atoms with Crippen molar-refractivity contribution in [1.29, 1.82) is 0 Å². The number of fused-ring (bicyclic) bond motifs is 1. The number of amides is 1. The average molecular weight is 528 g/mol. The zero-order chi connectivity index (χ0) is 26.7. The van der Waals surface area contributed by atoms with E-state index < -0.39 is 10.0 Å². The van der Waals surface area contributed by atoms with E-state index in [1.54, 1.807) is 24.3 Å². The zero-order valence-corrected chi connectivity index (χ0v) is 22.5. The van der Waals surface area contributed by atoms with Gasteiger partial charge in [0.05, 0.1) is 4.90 Å². The molecule has 5 rings (SSSR count). The topological polar surface area (TPSA) is 78.5 Å². The second-order valence-corrected chi connectivity index (χ2v) is 11.8. The number of nitrogens with one attached hydrogen (secondary N) is 2. The molecule has 1 heterocycles. The highest BCUT2D eigenvalue weighted by Crippen LogP contribution is 2.31. The van der Waals surface area contributed by atoms with E-state index in [9.17, 15) is 13.2 Å². The molecule has 7 heteroatoms. The first-order valence-corrected chi connectivity index (χ1v) is 14.5. The molecule has 0 radical (unpaired) electrons. The van der Waals surface area contributed by atoms with Gasteiger partial charge in [0, 0.05) is 47.7 Å². The molecule has 1 amide bonds. The monoisotopic (exact) mass is 527 g/mol. The molecule has 0 saturated carbocycles. The molecule has 1 unspecified atom stereocenters. The maximum Gasteiger partial charge on any atom is 0.255 e. The number of hydrogen-bond donors (Lipinski definition) is 2. The van der Waals surface area contributed by atoms with Crippen molar-refractivity contribution in [2.45, 2.75) is 37.8 Å². The molecule has 1 aliphatic heterocycles. The Balaban J connectivity index is 1.34. The van der Waals surface area contributed by atoms with Gasteiger partial charge in [-0.1, -0.05) is 79.7 Å². The summed E-state index contributed by atoms with van der Waals surface area (Å²) in [5.41, 5.74) is 3.30. The van der Waals surface area contributed by atoms with E-state index in [4.69, 9.17) is 0 Å². The molecule has 1 saturated heterocycles. The molecule has 1 fully saturated rings. The van der Waals surface area contributed by atoms with Crippen molar-refractivity contribution in [2.75, 3.05) is 18.4 Å². The first-order valence-electron chi connectivity index (χ1n) is 13.0. The van der Waals surface area contributed by atoms with Crippen LogP contribution in [0.3, 0.4) is 0 Å². The summed E-state index contributed by atoms with van der Waals surface area (Å²) >= 11 is 0. The maximum atomic E-state index is 13.6. The van der Waals surface area contributed by atoms with E-state index in [0.717, 1.165) is 31.6 Å². The van der Waals surface area contributed by atoms with Gasteiger partial charge in [-0.2, -0.15) is 0 Å². The van der Waals surface area contributed by atoms with Gasteiger partial charge < -0.3 is 5.32 Å². The van der Waals surface area contributed by atoms with Crippen LogP contribution in [0.15, 0.2) is 95.9 Å². The number of piperidine rings is 1. The highest BCUT2D eigenvalue weighted by atomic mass is 32.2. The lowest BCUT2D eigenvalue weighted by Crippen LogP contribution is -2.49. The Hall–Kier alpha value is -3.52. The molecule has 6 nitrogen and oxygen atoms in total. The molecule has 4 aromatic carbocycles. The van der Waals surface area contributed by atoms with Crippen LogP contribution in [-0.2, 0) is 16.6 Å². The van der Waals surface area contributed by atoms with Crippen molar-refractivity contribution < 1.29 is 13.2 Å². The standard InChI is InChI=1S/C31H33N3O3S/c1-22-10-6-7-13-25(22)31(35)32-29-16-17-30(27-15-9-8-14-26(27)29)38(36,37)33-28-18-19-34(20-23(28)2)21-24-11-4-3-5-12-24/h3-17,23,28,33H,18-21H2,1-2H3,(H,32,35)/t23-,28?/m0/s1. The van der Waals surface area contributed by atoms with E-state index >= 15 is 0 Å². The van der Waals surface area contributed by atoms with Crippen molar-refractivity contribution >= 4 is 32.4 Å². The number of hydrogen-bond acceptors (Lipinski definition) is 4. The number of carbonyl (C=O) groups excluding carboxylic acids is 1. The van der Waals surface area contributed by atoms with E-state index in [1.807, 2.05) is 61.5 Å². The van der Waals surface area contributed by atoms with Crippen LogP contribution in [0.1, 0.15) is 34.8 Å². The van der Waals surface area contributed by atoms with E-state index in [0.29, 0.717) is 22.0 Å². The van der Waals surface area contributed by atoms with Crippen LogP contribution < -0.4 is 10.0 Å². The fourth-order valence-corrected chi connectivity index (χ4v) is 6.88. The molecule has 0 aliphatic carbocycles. The van der Waals surface area contributed by atoms with Gasteiger partial charge in [0.1, 0.15) is 0 Å². The molecule has 0 spiro atoms. The minimum Gasteiger partial charge on any atom is -0.321 e. The van der Waals surface area contributed by atoms with Crippen molar-refractivity contribution in [3.63, 3.8) is 0 Å². The average Bonchev–Trinajstić information content (AvgIpc) is 2.91. The highest BCUT2D eigenvalue weighted by Gasteiger charge is 2.31. The first-order chi connectivity index (χ1) is 18.3. The molecule has 2 N–H and O–H groups in total. The van der Waals surface area contributed by atoms with Crippen LogP contribution in [0.2, 0.25) is 0 Å². The third kappa shape index (κ3) is 5.65. The Labute approximate surface area is 224 Å². The van der Waals surface area contributed by atoms with Crippen LogP contribution in [0.5, 0.6) is 0 Å². The summed E-state index contributed by atoms with van der Waals surface area (Å²) in [5.74, 6) is -0.0563. The third-order valence-corrected chi connectivity index (χ3v) is 8.90. The summed E-state index contributed by atoms with van der Waals surface area (Å²) < 4.78 is 30.2. The summed E-state index contributed by atoms with van der Waals surface area (Å²) in [6.45, 7) is 6.52. The predicted molar refractivity (Wildman–Crippen MR) is 153 cm³/mol. The van der Waals surface area contributed by atoms with Crippen LogP contribution in [0.4, 0.5) is 5.69 Å².